The molecule has 0 aliphatic rings. The van der Waals surface area contributed by atoms with Gasteiger partial charge < -0.3 is 14.2 Å². The van der Waals surface area contributed by atoms with Crippen LogP contribution in [0.3, 0.4) is 0 Å². The Labute approximate surface area is 492 Å². The Kier molecular flexibility index (Phi) is 61.9. The van der Waals surface area contributed by atoms with Crippen LogP contribution < -0.4 is 0 Å². The zero-order valence-corrected chi connectivity index (χ0v) is 51.3. The van der Waals surface area contributed by atoms with E-state index < -0.39 is 6.10 Å². The predicted octanol–water partition coefficient (Wildman–Crippen LogP) is 22.3. The molecule has 0 radical (unpaired) electrons. The van der Waals surface area contributed by atoms with Crippen molar-refractivity contribution in [3.05, 3.63) is 170 Å². The van der Waals surface area contributed by atoms with Crippen LogP contribution in [-0.4, -0.2) is 37.2 Å². The summed E-state index contributed by atoms with van der Waals surface area (Å²) in [6.45, 7) is 6.29. The maximum absolute atomic E-state index is 12.9. The number of unbranched alkanes of at least 4 members (excludes halogenated alkanes) is 17. The van der Waals surface area contributed by atoms with Crippen LogP contribution in [0, 0.1) is 0 Å². The average Bonchev–Trinajstić information content (AvgIpc) is 3.46. The topological polar surface area (TPSA) is 78.9 Å². The van der Waals surface area contributed by atoms with Crippen molar-refractivity contribution in [3.8, 4) is 0 Å². The lowest BCUT2D eigenvalue weighted by Gasteiger charge is -2.18. The van der Waals surface area contributed by atoms with Crippen LogP contribution in [0.15, 0.2) is 170 Å². The van der Waals surface area contributed by atoms with Crippen molar-refractivity contribution >= 4 is 17.9 Å². The number of hydrogen-bond acceptors (Lipinski definition) is 6. The van der Waals surface area contributed by atoms with E-state index in [1.807, 2.05) is 0 Å². The third kappa shape index (κ3) is 63.6. The molecule has 0 spiro atoms. The molecule has 0 bridgehead atoms. The van der Waals surface area contributed by atoms with E-state index in [1.165, 1.54) is 51.4 Å². The minimum absolute atomic E-state index is 0.106. The van der Waals surface area contributed by atoms with Crippen molar-refractivity contribution in [3.63, 3.8) is 0 Å². The minimum Gasteiger partial charge on any atom is -0.462 e. The molecule has 0 aliphatic carbocycles. The molecule has 0 aromatic carbocycles. The van der Waals surface area contributed by atoms with E-state index in [0.29, 0.717) is 25.7 Å². The Morgan fingerprint density at radius 2 is 0.487 bits per heavy atom. The van der Waals surface area contributed by atoms with Crippen molar-refractivity contribution in [1.29, 1.82) is 0 Å². The molecule has 6 heteroatoms. The maximum atomic E-state index is 12.9. The van der Waals surface area contributed by atoms with Gasteiger partial charge in [0.1, 0.15) is 13.2 Å². The van der Waals surface area contributed by atoms with Crippen molar-refractivity contribution < 1.29 is 28.6 Å². The van der Waals surface area contributed by atoms with E-state index in [4.69, 9.17) is 14.2 Å². The van der Waals surface area contributed by atoms with E-state index in [0.717, 1.165) is 161 Å². The third-order valence-electron chi connectivity index (χ3n) is 12.9. The molecular weight excluding hydrogens is 985 g/mol. The Balaban J connectivity index is 4.39. The number of carbonyl (C=O) groups is 3. The molecule has 0 saturated heterocycles. The summed E-state index contributed by atoms with van der Waals surface area (Å²) in [5, 5.41) is 0. The zero-order valence-electron chi connectivity index (χ0n) is 51.3. The Bertz CT molecular complexity index is 1840. The van der Waals surface area contributed by atoms with Gasteiger partial charge in [-0.1, -0.05) is 262 Å². The van der Waals surface area contributed by atoms with E-state index in [-0.39, 0.29) is 31.1 Å². The Hall–Kier alpha value is -5.23. The summed E-state index contributed by atoms with van der Waals surface area (Å²) in [6.07, 6.45) is 97.9. The largest absolute Gasteiger partial charge is 0.462 e. The summed E-state index contributed by atoms with van der Waals surface area (Å²) in [6, 6.07) is 0. The highest BCUT2D eigenvalue weighted by Gasteiger charge is 2.19. The number of carbonyl (C=O) groups excluding carboxylic acids is 3. The van der Waals surface area contributed by atoms with Crippen molar-refractivity contribution in [2.75, 3.05) is 13.2 Å². The number of esters is 3. The van der Waals surface area contributed by atoms with Gasteiger partial charge in [-0.25, -0.2) is 0 Å². The van der Waals surface area contributed by atoms with Crippen molar-refractivity contribution in [1.82, 2.24) is 0 Å². The standard InChI is InChI=1S/C74H116O6/c1-4-7-10-13-16-19-22-24-26-28-30-32-34-36-37-39-40-42-44-46-48-50-52-55-58-61-64-67-73(76)79-70-71(69-78-72(75)66-63-60-57-54-21-18-15-12-9-6-3)80-74(77)68-65-62-59-56-53-51-49-47-45-43-41-38-35-33-31-29-27-25-23-20-17-14-11-8-5-2/h7-8,10-12,15-17,19-20,24-27,30-33,36-38,40-42,46,48,52,55,71H,4-6,9,13-14,18,21-23,28-29,34-35,39,43-45,47,49-51,53-54,56-70H2,1-3H3/b10-7-,11-8-,15-12-,19-16-,20-17-,26-24-,27-25-,32-30-,33-31-,37-36-,41-38-,42-40-,48-46-,55-52-. The second-order valence-corrected chi connectivity index (χ2v) is 20.5. The van der Waals surface area contributed by atoms with Gasteiger partial charge in [0.05, 0.1) is 0 Å². The van der Waals surface area contributed by atoms with Gasteiger partial charge in [0.15, 0.2) is 6.10 Å². The predicted molar refractivity (Wildman–Crippen MR) is 348 cm³/mol. The molecule has 1 atom stereocenters. The average molecular weight is 1100 g/mol. The number of hydrogen-bond donors (Lipinski definition) is 0. The molecule has 448 valence electrons. The molecule has 0 fully saturated rings. The zero-order chi connectivity index (χ0) is 57.8. The second-order valence-electron chi connectivity index (χ2n) is 20.5. The molecule has 80 heavy (non-hydrogen) atoms. The molecule has 0 amide bonds. The normalized spacial score (nSPS) is 13.3. The van der Waals surface area contributed by atoms with Gasteiger partial charge in [-0.3, -0.25) is 14.4 Å². The lowest BCUT2D eigenvalue weighted by Crippen LogP contribution is -2.30. The molecule has 0 heterocycles. The molecule has 0 aliphatic heterocycles. The molecular formula is C74H116O6. The number of ether oxygens (including phenoxy) is 3. The highest BCUT2D eigenvalue weighted by molar-refractivity contribution is 5.71. The number of rotatable bonds is 56. The van der Waals surface area contributed by atoms with Gasteiger partial charge in [0.25, 0.3) is 0 Å². The Morgan fingerprint density at radius 1 is 0.263 bits per heavy atom. The van der Waals surface area contributed by atoms with Gasteiger partial charge in [-0.05, 0) is 148 Å². The van der Waals surface area contributed by atoms with Gasteiger partial charge in [-0.2, -0.15) is 0 Å². The summed E-state index contributed by atoms with van der Waals surface area (Å²) in [4.78, 5) is 38.2. The Morgan fingerprint density at radius 3 is 0.800 bits per heavy atom. The van der Waals surface area contributed by atoms with Gasteiger partial charge >= 0.3 is 17.9 Å². The first-order valence-corrected chi connectivity index (χ1v) is 32.1. The SMILES string of the molecule is CC/C=C\C/C=C\C/C=C\C/C=C\C/C=C\C/C=C\C/C=C\C/C=C\CCCCC(=O)OCC(COC(=O)CCCCCCC/C=C\CCC)OC(=O)CCCCCCCCCCC/C=C\C/C=C\C/C=C\C/C=C\C/C=C\CC. The van der Waals surface area contributed by atoms with Crippen LogP contribution in [0.1, 0.15) is 258 Å². The first-order chi connectivity index (χ1) is 39.5. The van der Waals surface area contributed by atoms with E-state index in [2.05, 4.69) is 191 Å². The first-order valence-electron chi connectivity index (χ1n) is 32.1. The molecule has 0 aromatic rings. The lowest BCUT2D eigenvalue weighted by atomic mass is 10.1. The van der Waals surface area contributed by atoms with Crippen LogP contribution in [0.5, 0.6) is 0 Å². The second kappa shape index (κ2) is 66.3. The van der Waals surface area contributed by atoms with E-state index in [1.54, 1.807) is 0 Å². The van der Waals surface area contributed by atoms with Gasteiger partial charge in [0, 0.05) is 19.3 Å². The maximum Gasteiger partial charge on any atom is 0.306 e. The van der Waals surface area contributed by atoms with E-state index >= 15 is 0 Å². The monoisotopic (exact) mass is 1100 g/mol. The molecule has 0 rings (SSSR count). The summed E-state index contributed by atoms with van der Waals surface area (Å²) in [5.74, 6) is -0.974. The quantitative estimate of drug-likeness (QED) is 0.0261. The van der Waals surface area contributed by atoms with E-state index in [9.17, 15) is 14.4 Å². The van der Waals surface area contributed by atoms with Crippen molar-refractivity contribution in [2.24, 2.45) is 0 Å². The van der Waals surface area contributed by atoms with Crippen molar-refractivity contribution in [2.45, 2.75) is 264 Å². The molecule has 0 N–H and O–H groups in total. The van der Waals surface area contributed by atoms with Gasteiger partial charge in [-0.15, -0.1) is 0 Å². The first kappa shape index (κ1) is 74.8. The van der Waals surface area contributed by atoms with Crippen LogP contribution in [0.25, 0.3) is 0 Å². The third-order valence-corrected chi connectivity index (χ3v) is 12.9. The summed E-state index contributed by atoms with van der Waals surface area (Å²) < 4.78 is 16.8. The van der Waals surface area contributed by atoms with Crippen LogP contribution >= 0.6 is 0 Å². The summed E-state index contributed by atoms with van der Waals surface area (Å²) in [5.41, 5.74) is 0. The van der Waals surface area contributed by atoms with Crippen LogP contribution in [-0.2, 0) is 28.6 Å². The molecule has 1 unspecified atom stereocenters. The summed E-state index contributed by atoms with van der Waals surface area (Å²) >= 11 is 0. The highest BCUT2D eigenvalue weighted by Crippen LogP contribution is 2.14. The van der Waals surface area contributed by atoms with Crippen LogP contribution in [0.4, 0.5) is 0 Å². The van der Waals surface area contributed by atoms with Crippen LogP contribution in [0.2, 0.25) is 0 Å². The fraction of sp³-hybridized carbons (Fsp3) is 0.581. The lowest BCUT2D eigenvalue weighted by molar-refractivity contribution is -0.167. The molecule has 0 saturated carbocycles. The molecule has 6 nitrogen and oxygen atoms in total. The number of allylic oxidation sites excluding steroid dienone is 28. The minimum atomic E-state index is -0.812. The fourth-order valence-electron chi connectivity index (χ4n) is 8.19. The van der Waals surface area contributed by atoms with Gasteiger partial charge in [0.2, 0.25) is 0 Å². The summed E-state index contributed by atoms with van der Waals surface area (Å²) in [7, 11) is 0. The molecule has 0 aromatic heterocycles. The fourth-order valence-corrected chi connectivity index (χ4v) is 8.19. The smallest absolute Gasteiger partial charge is 0.306 e. The highest BCUT2D eigenvalue weighted by atomic mass is 16.6.